The minimum atomic E-state index is -0.446. The summed E-state index contributed by atoms with van der Waals surface area (Å²) in [5.74, 6) is 0.554. The third-order valence-corrected chi connectivity index (χ3v) is 3.96. The Morgan fingerprint density at radius 3 is 2.20 bits per heavy atom. The molecule has 3 rings (SSSR count). The maximum absolute atomic E-state index is 5.96. The van der Waals surface area contributed by atoms with Gasteiger partial charge in [0, 0.05) is 6.20 Å². The summed E-state index contributed by atoms with van der Waals surface area (Å²) in [5.41, 5.74) is 0.857. The van der Waals surface area contributed by atoms with Gasteiger partial charge in [0.1, 0.15) is 6.26 Å². The molecule has 0 N–H and O–H groups in total. The lowest BCUT2D eigenvalue weighted by molar-refractivity contribution is 0.00578. The molecule has 6 heteroatoms. The van der Waals surface area contributed by atoms with E-state index in [2.05, 4.69) is 9.97 Å². The van der Waals surface area contributed by atoms with Gasteiger partial charge in [-0.05, 0) is 39.8 Å². The van der Waals surface area contributed by atoms with E-state index in [4.69, 9.17) is 13.7 Å². The van der Waals surface area contributed by atoms with Crippen LogP contribution < -0.4 is 5.59 Å². The fourth-order valence-electron chi connectivity index (χ4n) is 2.00. The van der Waals surface area contributed by atoms with Gasteiger partial charge in [0.15, 0.2) is 0 Å². The van der Waals surface area contributed by atoms with Crippen LogP contribution in [-0.2, 0) is 9.31 Å². The molecule has 2 aromatic heterocycles. The first-order chi connectivity index (χ1) is 9.39. The highest BCUT2D eigenvalue weighted by Crippen LogP contribution is 2.36. The van der Waals surface area contributed by atoms with E-state index >= 15 is 0 Å². The van der Waals surface area contributed by atoms with Gasteiger partial charge in [0.2, 0.25) is 5.89 Å². The van der Waals surface area contributed by atoms with E-state index in [0.29, 0.717) is 5.89 Å². The van der Waals surface area contributed by atoms with Crippen LogP contribution in [0.1, 0.15) is 27.7 Å². The number of rotatable bonds is 2. The zero-order valence-electron chi connectivity index (χ0n) is 12.1. The van der Waals surface area contributed by atoms with Gasteiger partial charge in [-0.25, -0.2) is 4.98 Å². The topological polar surface area (TPSA) is 57.4 Å². The Balaban J connectivity index is 1.83. The van der Waals surface area contributed by atoms with Gasteiger partial charge in [-0.3, -0.25) is 4.98 Å². The molecule has 1 aliphatic heterocycles. The van der Waals surface area contributed by atoms with Crippen molar-refractivity contribution in [3.05, 3.63) is 30.8 Å². The van der Waals surface area contributed by atoms with E-state index in [1.807, 2.05) is 39.8 Å². The van der Waals surface area contributed by atoms with Crippen LogP contribution in [0, 0.1) is 0 Å². The molecule has 1 aliphatic rings. The normalized spacial score (nSPS) is 20.3. The van der Waals surface area contributed by atoms with Crippen molar-refractivity contribution in [2.24, 2.45) is 0 Å². The second-order valence-electron chi connectivity index (χ2n) is 5.90. The Hall–Kier alpha value is -1.66. The van der Waals surface area contributed by atoms with Crippen molar-refractivity contribution in [2.75, 3.05) is 0 Å². The third-order valence-electron chi connectivity index (χ3n) is 3.96. The Kier molecular flexibility index (Phi) is 2.95. The molecular formula is C14H17BN2O3. The molecule has 2 aromatic rings. The number of pyridine rings is 1. The summed E-state index contributed by atoms with van der Waals surface area (Å²) in [7, 11) is -0.446. The first-order valence-corrected chi connectivity index (χ1v) is 6.60. The Bertz CT molecular complexity index is 577. The van der Waals surface area contributed by atoms with Crippen LogP contribution in [0.2, 0.25) is 0 Å². The molecule has 20 heavy (non-hydrogen) atoms. The lowest BCUT2D eigenvalue weighted by Crippen LogP contribution is -2.41. The number of nitrogens with zero attached hydrogens (tertiary/aromatic N) is 2. The summed E-state index contributed by atoms with van der Waals surface area (Å²) < 4.78 is 17.2. The number of hydrogen-bond donors (Lipinski definition) is 0. The van der Waals surface area contributed by atoms with E-state index in [1.165, 1.54) is 6.26 Å². The molecule has 0 spiro atoms. The minimum Gasteiger partial charge on any atom is -0.444 e. The first-order valence-electron chi connectivity index (χ1n) is 6.60. The Morgan fingerprint density at radius 1 is 1.00 bits per heavy atom. The van der Waals surface area contributed by atoms with Crippen molar-refractivity contribution in [2.45, 2.75) is 38.9 Å². The van der Waals surface area contributed by atoms with E-state index in [9.17, 15) is 0 Å². The summed E-state index contributed by atoms with van der Waals surface area (Å²) in [6.45, 7) is 8.09. The molecular weight excluding hydrogens is 255 g/mol. The monoisotopic (exact) mass is 272 g/mol. The van der Waals surface area contributed by atoms with Gasteiger partial charge in [0.25, 0.3) is 0 Å². The number of aromatic nitrogens is 2. The fourth-order valence-corrected chi connectivity index (χ4v) is 2.00. The molecule has 0 amide bonds. The predicted octanol–water partition coefficient (Wildman–Crippen LogP) is 2.04. The van der Waals surface area contributed by atoms with E-state index in [0.717, 1.165) is 11.2 Å². The van der Waals surface area contributed by atoms with Crippen molar-refractivity contribution in [1.82, 2.24) is 9.97 Å². The second-order valence-corrected chi connectivity index (χ2v) is 5.90. The highest BCUT2D eigenvalue weighted by atomic mass is 16.7. The highest BCUT2D eigenvalue weighted by Gasteiger charge is 2.52. The van der Waals surface area contributed by atoms with Crippen molar-refractivity contribution in [3.63, 3.8) is 0 Å². The van der Waals surface area contributed by atoms with Crippen LogP contribution in [0.3, 0.4) is 0 Å². The quantitative estimate of drug-likeness (QED) is 0.783. The average molecular weight is 272 g/mol. The summed E-state index contributed by atoms with van der Waals surface area (Å²) in [6.07, 6.45) is 4.86. The molecule has 0 bridgehead atoms. The minimum absolute atomic E-state index is 0.361. The Morgan fingerprint density at radius 2 is 1.70 bits per heavy atom. The maximum atomic E-state index is 5.96. The van der Waals surface area contributed by atoms with E-state index < -0.39 is 7.12 Å². The molecule has 0 unspecified atom stereocenters. The van der Waals surface area contributed by atoms with Crippen LogP contribution in [0.4, 0.5) is 0 Å². The molecule has 0 atom stereocenters. The molecule has 104 valence electrons. The van der Waals surface area contributed by atoms with Crippen molar-refractivity contribution in [1.29, 1.82) is 0 Å². The van der Waals surface area contributed by atoms with Crippen LogP contribution in [-0.4, -0.2) is 28.3 Å². The third kappa shape index (κ3) is 2.15. The van der Waals surface area contributed by atoms with Gasteiger partial charge in [-0.1, -0.05) is 0 Å². The SMILES string of the molecule is CC1(C)OB(c2ccc(-c3ncco3)cn2)OC1(C)C. The lowest BCUT2D eigenvalue weighted by atomic mass is 9.84. The van der Waals surface area contributed by atoms with E-state index in [-0.39, 0.29) is 11.2 Å². The van der Waals surface area contributed by atoms with Gasteiger partial charge >= 0.3 is 7.12 Å². The van der Waals surface area contributed by atoms with Gasteiger partial charge < -0.3 is 13.7 Å². The molecule has 1 saturated heterocycles. The summed E-state index contributed by atoms with van der Waals surface area (Å²) >= 11 is 0. The maximum Gasteiger partial charge on any atom is 0.514 e. The first kappa shape index (κ1) is 13.3. The predicted molar refractivity (Wildman–Crippen MR) is 75.5 cm³/mol. The fraction of sp³-hybridized carbons (Fsp3) is 0.429. The molecule has 0 aliphatic carbocycles. The largest absolute Gasteiger partial charge is 0.514 e. The van der Waals surface area contributed by atoms with Crippen molar-refractivity contribution in [3.8, 4) is 11.5 Å². The van der Waals surface area contributed by atoms with Crippen LogP contribution >= 0.6 is 0 Å². The van der Waals surface area contributed by atoms with Crippen LogP contribution in [0.25, 0.3) is 11.5 Å². The zero-order chi connectivity index (χ0) is 14.4. The van der Waals surface area contributed by atoms with Gasteiger partial charge in [-0.15, -0.1) is 0 Å². The van der Waals surface area contributed by atoms with E-state index in [1.54, 1.807) is 12.4 Å². The van der Waals surface area contributed by atoms with Gasteiger partial charge in [-0.2, -0.15) is 0 Å². The van der Waals surface area contributed by atoms with Crippen molar-refractivity contribution >= 4 is 12.7 Å². The zero-order valence-corrected chi connectivity index (χ0v) is 12.1. The average Bonchev–Trinajstić information content (AvgIpc) is 2.97. The molecule has 0 saturated carbocycles. The van der Waals surface area contributed by atoms with Crippen LogP contribution in [0.15, 0.2) is 35.2 Å². The summed E-state index contributed by atoms with van der Waals surface area (Å²) in [5, 5.41) is 0. The molecule has 3 heterocycles. The second kappa shape index (κ2) is 4.43. The molecule has 0 aromatic carbocycles. The van der Waals surface area contributed by atoms with Crippen molar-refractivity contribution < 1.29 is 13.7 Å². The number of oxazole rings is 1. The van der Waals surface area contributed by atoms with Gasteiger partial charge in [0.05, 0.1) is 28.6 Å². The lowest BCUT2D eigenvalue weighted by Gasteiger charge is -2.32. The standard InChI is InChI=1S/C14H17BN2O3/c1-13(2)14(3,4)20-15(19-13)11-6-5-10(9-17-11)12-16-7-8-18-12/h5-9H,1-4H3. The number of hydrogen-bond acceptors (Lipinski definition) is 5. The summed E-state index contributed by atoms with van der Waals surface area (Å²) in [6, 6.07) is 3.78. The smallest absolute Gasteiger partial charge is 0.444 e. The summed E-state index contributed by atoms with van der Waals surface area (Å²) in [4.78, 5) is 8.49. The Labute approximate surface area is 118 Å². The highest BCUT2D eigenvalue weighted by molar-refractivity contribution is 6.61. The van der Waals surface area contributed by atoms with Crippen LogP contribution in [0.5, 0.6) is 0 Å². The molecule has 0 radical (unpaired) electrons. The molecule has 5 nitrogen and oxygen atoms in total. The molecule has 1 fully saturated rings.